The Morgan fingerprint density at radius 1 is 1.05 bits per heavy atom. The molecule has 1 saturated heterocycles. The van der Waals surface area contributed by atoms with E-state index in [1.54, 1.807) is 0 Å². The monoisotopic (exact) mass is 289 g/mol. The summed E-state index contributed by atoms with van der Waals surface area (Å²) in [4.78, 5) is 6.89. The van der Waals surface area contributed by atoms with Crippen LogP contribution in [0.2, 0.25) is 0 Å². The van der Waals surface area contributed by atoms with Crippen LogP contribution in [0.4, 0.5) is 5.69 Å². The number of β-amino-alcohol motifs (C(OH)–C–C–N with tert-alkyl or cyclic N) is 1. The average Bonchev–Trinajstić information content (AvgIpc) is 2.50. The van der Waals surface area contributed by atoms with Crippen molar-refractivity contribution < 1.29 is 5.11 Å². The Hall–Kier alpha value is -1.36. The van der Waals surface area contributed by atoms with Gasteiger partial charge in [0.25, 0.3) is 0 Å². The quantitative estimate of drug-likeness (QED) is 0.857. The molecule has 4 heteroatoms. The molecule has 1 aromatic carbocycles. The highest BCUT2D eigenvalue weighted by molar-refractivity contribution is 5.55. The summed E-state index contributed by atoms with van der Waals surface area (Å²) in [5, 5.41) is 8.94. The third-order valence-electron chi connectivity index (χ3n) is 3.96. The van der Waals surface area contributed by atoms with Crippen LogP contribution in [0.3, 0.4) is 0 Å². The third kappa shape index (κ3) is 5.16. The first kappa shape index (κ1) is 16.0. The summed E-state index contributed by atoms with van der Waals surface area (Å²) in [7, 11) is 4.11. The zero-order valence-corrected chi connectivity index (χ0v) is 13.2. The molecule has 1 heterocycles. The SMILES string of the molecule is CN(C)c1ccc(/C=C/CN2CCN(CCO)CC2)cc1. The Balaban J connectivity index is 1.75. The van der Waals surface area contributed by atoms with E-state index < -0.39 is 0 Å². The van der Waals surface area contributed by atoms with E-state index in [-0.39, 0.29) is 6.61 Å². The van der Waals surface area contributed by atoms with Crippen molar-refractivity contribution in [3.05, 3.63) is 35.9 Å². The molecular formula is C17H27N3O. The van der Waals surface area contributed by atoms with Gasteiger partial charge in [-0.05, 0) is 17.7 Å². The van der Waals surface area contributed by atoms with E-state index in [9.17, 15) is 0 Å². The lowest BCUT2D eigenvalue weighted by Gasteiger charge is -2.33. The lowest BCUT2D eigenvalue weighted by molar-refractivity contribution is 0.120. The molecule has 0 unspecified atom stereocenters. The Labute approximate surface area is 128 Å². The Morgan fingerprint density at radius 2 is 1.67 bits per heavy atom. The first-order valence-electron chi connectivity index (χ1n) is 7.68. The largest absolute Gasteiger partial charge is 0.395 e. The zero-order chi connectivity index (χ0) is 15.1. The second kappa shape index (κ2) is 8.17. The van der Waals surface area contributed by atoms with E-state index in [1.165, 1.54) is 11.3 Å². The number of nitrogens with zero attached hydrogens (tertiary/aromatic N) is 3. The number of anilines is 1. The van der Waals surface area contributed by atoms with Crippen LogP contribution in [-0.2, 0) is 0 Å². The van der Waals surface area contributed by atoms with Crippen LogP contribution >= 0.6 is 0 Å². The van der Waals surface area contributed by atoms with Gasteiger partial charge in [0.05, 0.1) is 6.61 Å². The molecule has 4 nitrogen and oxygen atoms in total. The van der Waals surface area contributed by atoms with Crippen LogP contribution in [0, 0.1) is 0 Å². The normalized spacial score (nSPS) is 17.5. The maximum atomic E-state index is 8.94. The molecule has 0 amide bonds. The molecule has 0 aromatic heterocycles. The molecule has 0 bridgehead atoms. The fourth-order valence-electron chi connectivity index (χ4n) is 2.56. The van der Waals surface area contributed by atoms with Gasteiger partial charge in [-0.25, -0.2) is 0 Å². The number of piperazine rings is 1. The number of benzene rings is 1. The van der Waals surface area contributed by atoms with E-state index in [1.807, 2.05) is 0 Å². The third-order valence-corrected chi connectivity index (χ3v) is 3.96. The average molecular weight is 289 g/mol. The number of rotatable bonds is 6. The van der Waals surface area contributed by atoms with Gasteiger partial charge in [0.1, 0.15) is 0 Å². The molecule has 0 spiro atoms. The van der Waals surface area contributed by atoms with Crippen molar-refractivity contribution in [3.8, 4) is 0 Å². The molecule has 116 valence electrons. The second-order valence-electron chi connectivity index (χ2n) is 5.75. The van der Waals surface area contributed by atoms with E-state index >= 15 is 0 Å². The van der Waals surface area contributed by atoms with E-state index in [2.05, 4.69) is 65.2 Å². The Kier molecular flexibility index (Phi) is 6.23. The fourth-order valence-corrected chi connectivity index (χ4v) is 2.56. The standard InChI is InChI=1S/C17H27N3O/c1-18(2)17-7-5-16(6-8-17)4-3-9-19-10-12-20(13-11-19)14-15-21/h3-8,21H,9-15H2,1-2H3/b4-3+. The van der Waals surface area contributed by atoms with Crippen molar-refractivity contribution in [2.24, 2.45) is 0 Å². The van der Waals surface area contributed by atoms with Crippen LogP contribution in [0.25, 0.3) is 6.08 Å². The van der Waals surface area contributed by atoms with Crippen molar-refractivity contribution in [2.75, 3.05) is 64.9 Å². The highest BCUT2D eigenvalue weighted by atomic mass is 16.3. The first-order chi connectivity index (χ1) is 10.2. The molecule has 1 aliphatic rings. The van der Waals surface area contributed by atoms with Crippen molar-refractivity contribution in [3.63, 3.8) is 0 Å². The summed E-state index contributed by atoms with van der Waals surface area (Å²) in [6, 6.07) is 8.61. The van der Waals surface area contributed by atoms with Gasteiger partial charge in [-0.2, -0.15) is 0 Å². The van der Waals surface area contributed by atoms with E-state index in [4.69, 9.17) is 5.11 Å². The van der Waals surface area contributed by atoms with Gasteiger partial charge in [0, 0.05) is 59.1 Å². The zero-order valence-electron chi connectivity index (χ0n) is 13.2. The smallest absolute Gasteiger partial charge is 0.0558 e. The number of hydrogen-bond donors (Lipinski definition) is 1. The van der Waals surface area contributed by atoms with Crippen molar-refractivity contribution in [1.82, 2.24) is 9.80 Å². The molecule has 1 N–H and O–H groups in total. The topological polar surface area (TPSA) is 30.0 Å². The van der Waals surface area contributed by atoms with Gasteiger partial charge < -0.3 is 10.0 Å². The van der Waals surface area contributed by atoms with Gasteiger partial charge in [-0.3, -0.25) is 9.80 Å². The highest BCUT2D eigenvalue weighted by Gasteiger charge is 2.14. The Morgan fingerprint density at radius 3 is 2.24 bits per heavy atom. The lowest BCUT2D eigenvalue weighted by atomic mass is 10.2. The molecule has 2 rings (SSSR count). The van der Waals surface area contributed by atoms with Crippen LogP contribution < -0.4 is 4.90 Å². The summed E-state index contributed by atoms with van der Waals surface area (Å²) in [6.07, 6.45) is 4.44. The van der Waals surface area contributed by atoms with Crippen molar-refractivity contribution in [1.29, 1.82) is 0 Å². The molecule has 0 atom stereocenters. The van der Waals surface area contributed by atoms with Gasteiger partial charge in [0.15, 0.2) is 0 Å². The molecule has 1 fully saturated rings. The predicted octanol–water partition coefficient (Wildman–Crippen LogP) is 1.38. The summed E-state index contributed by atoms with van der Waals surface area (Å²) in [5.41, 5.74) is 2.48. The minimum atomic E-state index is 0.267. The first-order valence-corrected chi connectivity index (χ1v) is 7.68. The summed E-state index contributed by atoms with van der Waals surface area (Å²) >= 11 is 0. The molecular weight excluding hydrogens is 262 g/mol. The number of aliphatic hydroxyl groups excluding tert-OH is 1. The fraction of sp³-hybridized carbons (Fsp3) is 0.529. The van der Waals surface area contributed by atoms with Crippen molar-refractivity contribution in [2.45, 2.75) is 0 Å². The summed E-state index contributed by atoms with van der Waals surface area (Å²) in [6.45, 7) is 6.37. The van der Waals surface area contributed by atoms with Crippen LogP contribution in [0.15, 0.2) is 30.3 Å². The molecule has 0 saturated carbocycles. The number of hydrogen-bond acceptors (Lipinski definition) is 4. The highest BCUT2D eigenvalue weighted by Crippen LogP contribution is 2.13. The molecule has 0 radical (unpaired) electrons. The van der Waals surface area contributed by atoms with Gasteiger partial charge in [0.2, 0.25) is 0 Å². The minimum Gasteiger partial charge on any atom is -0.395 e. The lowest BCUT2D eigenvalue weighted by Crippen LogP contribution is -2.47. The molecule has 0 aliphatic carbocycles. The van der Waals surface area contributed by atoms with E-state index in [0.29, 0.717) is 0 Å². The molecule has 21 heavy (non-hydrogen) atoms. The van der Waals surface area contributed by atoms with E-state index in [0.717, 1.165) is 39.3 Å². The summed E-state index contributed by atoms with van der Waals surface area (Å²) in [5.74, 6) is 0. The minimum absolute atomic E-state index is 0.267. The van der Waals surface area contributed by atoms with Gasteiger partial charge in [-0.1, -0.05) is 24.3 Å². The number of aliphatic hydroxyl groups is 1. The Bertz CT molecular complexity index is 434. The van der Waals surface area contributed by atoms with Gasteiger partial charge in [-0.15, -0.1) is 0 Å². The van der Waals surface area contributed by atoms with Gasteiger partial charge >= 0.3 is 0 Å². The molecule has 1 aliphatic heterocycles. The van der Waals surface area contributed by atoms with Crippen LogP contribution in [0.5, 0.6) is 0 Å². The summed E-state index contributed by atoms with van der Waals surface area (Å²) < 4.78 is 0. The molecule has 1 aromatic rings. The predicted molar refractivity (Wildman–Crippen MR) is 89.8 cm³/mol. The van der Waals surface area contributed by atoms with Crippen LogP contribution in [0.1, 0.15) is 5.56 Å². The van der Waals surface area contributed by atoms with Crippen molar-refractivity contribution >= 4 is 11.8 Å². The van der Waals surface area contributed by atoms with Crippen LogP contribution in [-0.4, -0.2) is 74.9 Å². The maximum Gasteiger partial charge on any atom is 0.0558 e. The second-order valence-corrected chi connectivity index (χ2v) is 5.75. The maximum absolute atomic E-state index is 8.94.